The lowest BCUT2D eigenvalue weighted by Gasteiger charge is -2.34. The van der Waals surface area contributed by atoms with Crippen molar-refractivity contribution in [2.24, 2.45) is 17.6 Å². The summed E-state index contributed by atoms with van der Waals surface area (Å²) in [5, 5.41) is 0. The van der Waals surface area contributed by atoms with Crippen LogP contribution in [-0.4, -0.2) is 56.1 Å². The molecule has 0 spiro atoms. The summed E-state index contributed by atoms with van der Waals surface area (Å²) in [6.45, 7) is 7.05. The SMILES string of the molecule is CN1CCN(CC(CN)C2CC2)CC1. The molecule has 3 nitrogen and oxygen atoms in total. The summed E-state index contributed by atoms with van der Waals surface area (Å²) in [5.74, 6) is 1.73. The molecular weight excluding hydrogens is 174 g/mol. The molecule has 2 aliphatic rings. The Kier molecular flexibility index (Phi) is 3.42. The Balaban J connectivity index is 1.72. The van der Waals surface area contributed by atoms with E-state index in [1.54, 1.807) is 0 Å². The summed E-state index contributed by atoms with van der Waals surface area (Å²) in [7, 11) is 2.21. The van der Waals surface area contributed by atoms with Crippen LogP contribution in [0.3, 0.4) is 0 Å². The lowest BCUT2D eigenvalue weighted by atomic mass is 10.0. The van der Waals surface area contributed by atoms with Crippen molar-refractivity contribution in [1.29, 1.82) is 0 Å². The molecule has 3 heteroatoms. The van der Waals surface area contributed by atoms with Gasteiger partial charge in [0.15, 0.2) is 0 Å². The van der Waals surface area contributed by atoms with Crippen LogP contribution in [0.4, 0.5) is 0 Å². The van der Waals surface area contributed by atoms with Crippen molar-refractivity contribution in [1.82, 2.24) is 9.80 Å². The number of nitrogens with two attached hydrogens (primary N) is 1. The Morgan fingerprint density at radius 2 is 1.86 bits per heavy atom. The number of piperazine rings is 1. The van der Waals surface area contributed by atoms with Crippen LogP contribution >= 0.6 is 0 Å². The van der Waals surface area contributed by atoms with Gasteiger partial charge in [-0.05, 0) is 38.3 Å². The average molecular weight is 197 g/mol. The Morgan fingerprint density at radius 1 is 1.21 bits per heavy atom. The van der Waals surface area contributed by atoms with Crippen molar-refractivity contribution in [2.75, 3.05) is 46.3 Å². The molecule has 0 aromatic heterocycles. The van der Waals surface area contributed by atoms with Gasteiger partial charge < -0.3 is 15.5 Å². The fraction of sp³-hybridized carbons (Fsp3) is 1.00. The number of hydrogen-bond donors (Lipinski definition) is 1. The number of hydrogen-bond acceptors (Lipinski definition) is 3. The van der Waals surface area contributed by atoms with E-state index >= 15 is 0 Å². The van der Waals surface area contributed by atoms with E-state index in [0.29, 0.717) is 0 Å². The number of rotatable bonds is 4. The summed E-state index contributed by atoms with van der Waals surface area (Å²) in [6.07, 6.45) is 2.85. The molecule has 1 atom stereocenters. The van der Waals surface area contributed by atoms with Gasteiger partial charge in [0.1, 0.15) is 0 Å². The predicted molar refractivity (Wildman–Crippen MR) is 59.2 cm³/mol. The summed E-state index contributed by atoms with van der Waals surface area (Å²) in [4.78, 5) is 5.00. The van der Waals surface area contributed by atoms with Gasteiger partial charge in [-0.2, -0.15) is 0 Å². The maximum atomic E-state index is 5.82. The first-order valence-electron chi connectivity index (χ1n) is 5.90. The quantitative estimate of drug-likeness (QED) is 0.700. The van der Waals surface area contributed by atoms with Crippen molar-refractivity contribution in [2.45, 2.75) is 12.8 Å². The minimum absolute atomic E-state index is 0.776. The molecule has 2 rings (SSSR count). The van der Waals surface area contributed by atoms with Crippen molar-refractivity contribution in [3.8, 4) is 0 Å². The monoisotopic (exact) mass is 197 g/mol. The highest BCUT2D eigenvalue weighted by Gasteiger charge is 2.31. The normalized spacial score (nSPS) is 27.9. The van der Waals surface area contributed by atoms with Gasteiger partial charge in [0.2, 0.25) is 0 Å². The van der Waals surface area contributed by atoms with Crippen molar-refractivity contribution >= 4 is 0 Å². The van der Waals surface area contributed by atoms with Crippen molar-refractivity contribution < 1.29 is 0 Å². The van der Waals surface area contributed by atoms with E-state index in [-0.39, 0.29) is 0 Å². The van der Waals surface area contributed by atoms with Gasteiger partial charge in [0.25, 0.3) is 0 Å². The number of nitrogens with zero attached hydrogens (tertiary/aromatic N) is 2. The van der Waals surface area contributed by atoms with Gasteiger partial charge in [-0.15, -0.1) is 0 Å². The van der Waals surface area contributed by atoms with E-state index in [0.717, 1.165) is 18.4 Å². The van der Waals surface area contributed by atoms with E-state index in [4.69, 9.17) is 5.73 Å². The van der Waals surface area contributed by atoms with Crippen LogP contribution in [0.15, 0.2) is 0 Å². The lowest BCUT2D eigenvalue weighted by molar-refractivity contribution is 0.132. The highest BCUT2D eigenvalue weighted by Crippen LogP contribution is 2.36. The van der Waals surface area contributed by atoms with Crippen LogP contribution in [0.5, 0.6) is 0 Å². The van der Waals surface area contributed by atoms with E-state index < -0.39 is 0 Å². The molecule has 1 saturated carbocycles. The van der Waals surface area contributed by atoms with Gasteiger partial charge in [0, 0.05) is 32.7 Å². The Morgan fingerprint density at radius 3 is 2.36 bits per heavy atom. The zero-order chi connectivity index (χ0) is 9.97. The minimum atomic E-state index is 0.776. The molecule has 0 bridgehead atoms. The van der Waals surface area contributed by atoms with Gasteiger partial charge in [-0.25, -0.2) is 0 Å². The van der Waals surface area contributed by atoms with Gasteiger partial charge >= 0.3 is 0 Å². The summed E-state index contributed by atoms with van der Waals surface area (Å²) < 4.78 is 0. The molecule has 14 heavy (non-hydrogen) atoms. The number of likely N-dealkylation sites (N-methyl/N-ethyl adjacent to an activating group) is 1. The van der Waals surface area contributed by atoms with Crippen LogP contribution < -0.4 is 5.73 Å². The van der Waals surface area contributed by atoms with Crippen molar-refractivity contribution in [3.05, 3.63) is 0 Å². The maximum Gasteiger partial charge on any atom is 0.0110 e. The van der Waals surface area contributed by atoms with Crippen LogP contribution in [0.2, 0.25) is 0 Å². The molecule has 0 amide bonds. The first kappa shape index (κ1) is 10.4. The second-order valence-electron chi connectivity index (χ2n) is 4.94. The highest BCUT2D eigenvalue weighted by molar-refractivity contribution is 4.84. The van der Waals surface area contributed by atoms with Gasteiger partial charge in [-0.3, -0.25) is 0 Å². The summed E-state index contributed by atoms with van der Waals surface area (Å²) in [6, 6.07) is 0. The van der Waals surface area contributed by atoms with E-state index in [2.05, 4.69) is 16.8 Å². The molecule has 1 heterocycles. The Hall–Kier alpha value is -0.120. The van der Waals surface area contributed by atoms with Gasteiger partial charge in [-0.1, -0.05) is 0 Å². The van der Waals surface area contributed by atoms with Crippen LogP contribution in [0.25, 0.3) is 0 Å². The molecule has 1 saturated heterocycles. The molecule has 0 aromatic rings. The summed E-state index contributed by atoms with van der Waals surface area (Å²) in [5.41, 5.74) is 5.82. The van der Waals surface area contributed by atoms with Crippen LogP contribution in [0.1, 0.15) is 12.8 Å². The Bertz CT molecular complexity index is 171. The van der Waals surface area contributed by atoms with E-state index in [1.165, 1.54) is 45.6 Å². The minimum Gasteiger partial charge on any atom is -0.330 e. The molecule has 1 unspecified atom stereocenters. The van der Waals surface area contributed by atoms with Crippen LogP contribution in [0, 0.1) is 11.8 Å². The average Bonchev–Trinajstić information content (AvgIpc) is 3.01. The fourth-order valence-corrected chi connectivity index (χ4v) is 2.35. The zero-order valence-corrected chi connectivity index (χ0v) is 9.28. The Labute approximate surface area is 87.2 Å². The second kappa shape index (κ2) is 4.60. The lowest BCUT2D eigenvalue weighted by Crippen LogP contribution is -2.47. The van der Waals surface area contributed by atoms with E-state index in [1.807, 2.05) is 0 Å². The zero-order valence-electron chi connectivity index (χ0n) is 9.28. The molecule has 82 valence electrons. The largest absolute Gasteiger partial charge is 0.330 e. The molecule has 2 fully saturated rings. The molecule has 0 aromatic carbocycles. The summed E-state index contributed by atoms with van der Waals surface area (Å²) >= 11 is 0. The third kappa shape index (κ3) is 2.69. The molecular formula is C11H23N3. The molecule has 2 N–H and O–H groups in total. The molecule has 1 aliphatic heterocycles. The second-order valence-corrected chi connectivity index (χ2v) is 4.94. The maximum absolute atomic E-state index is 5.82. The van der Waals surface area contributed by atoms with Gasteiger partial charge in [0.05, 0.1) is 0 Å². The van der Waals surface area contributed by atoms with E-state index in [9.17, 15) is 0 Å². The standard InChI is InChI=1S/C11H23N3/c1-13-4-6-14(7-5-13)9-11(8-12)10-2-3-10/h10-11H,2-9,12H2,1H3. The topological polar surface area (TPSA) is 32.5 Å². The third-order valence-electron chi connectivity index (χ3n) is 3.68. The first-order chi connectivity index (χ1) is 6.79. The fourth-order valence-electron chi connectivity index (χ4n) is 2.35. The van der Waals surface area contributed by atoms with Crippen LogP contribution in [-0.2, 0) is 0 Å². The predicted octanol–water partition coefficient (Wildman–Crippen LogP) is 0.219. The molecule has 1 aliphatic carbocycles. The highest BCUT2D eigenvalue weighted by atomic mass is 15.2. The smallest absolute Gasteiger partial charge is 0.0110 e. The third-order valence-corrected chi connectivity index (χ3v) is 3.68. The van der Waals surface area contributed by atoms with Crippen molar-refractivity contribution in [3.63, 3.8) is 0 Å². The first-order valence-corrected chi connectivity index (χ1v) is 5.90. The molecule has 0 radical (unpaired) electrons.